The molecule has 0 saturated heterocycles. The molecule has 0 radical (unpaired) electrons. The number of aromatic nitrogens is 4. The quantitative estimate of drug-likeness (QED) is 0.480. The third-order valence-electron chi connectivity index (χ3n) is 2.86. The summed E-state index contributed by atoms with van der Waals surface area (Å²) in [5.74, 6) is 0.921. The van der Waals surface area contributed by atoms with Crippen molar-refractivity contribution < 1.29 is 0 Å². The highest BCUT2D eigenvalue weighted by Gasteiger charge is 2.04. The highest BCUT2D eigenvalue weighted by molar-refractivity contribution is 6.30. The number of nitrogens with one attached hydrogen (secondary N) is 1. The zero-order chi connectivity index (χ0) is 16.1. The molecule has 0 aliphatic rings. The summed E-state index contributed by atoms with van der Waals surface area (Å²) < 4.78 is 1.65. The molecule has 0 atom stereocenters. The van der Waals surface area contributed by atoms with Crippen molar-refractivity contribution in [3.63, 3.8) is 0 Å². The van der Waals surface area contributed by atoms with Crippen LogP contribution in [-0.4, -0.2) is 20.0 Å². The normalized spacial score (nSPS) is 10.0. The van der Waals surface area contributed by atoms with Gasteiger partial charge in [-0.3, -0.25) is 5.10 Å². The van der Waals surface area contributed by atoms with Crippen molar-refractivity contribution in [3.8, 4) is 0 Å². The Bertz CT molecular complexity index is 714. The molecule has 3 aromatic rings. The molecule has 0 saturated carbocycles. The molecule has 0 amide bonds. The van der Waals surface area contributed by atoms with Crippen LogP contribution in [0.4, 0.5) is 23.0 Å². The maximum atomic E-state index is 5.78. The minimum atomic E-state index is 0.431. The van der Waals surface area contributed by atoms with Crippen LogP contribution in [0.1, 0.15) is 5.56 Å². The molecule has 0 aliphatic carbocycles. The number of benzene rings is 1. The first-order chi connectivity index (χ1) is 10.5. The minimum absolute atomic E-state index is 0.431. The molecule has 0 fully saturated rings. The molecular weight excluding hydrogens is 304 g/mol. The highest BCUT2D eigenvalue weighted by Crippen LogP contribution is 2.16. The van der Waals surface area contributed by atoms with Crippen LogP contribution < -0.4 is 22.9 Å². The molecule has 0 bridgehead atoms. The Hall–Kier alpha value is -2.87. The summed E-state index contributed by atoms with van der Waals surface area (Å²) in [6.07, 6.45) is 3.01. The van der Waals surface area contributed by atoms with Crippen LogP contribution in [0.25, 0.3) is 0 Å². The van der Waals surface area contributed by atoms with E-state index in [1.165, 1.54) is 6.20 Å². The number of hydrogen-bond donors (Lipinski definition) is 5. The zero-order valence-corrected chi connectivity index (χ0v) is 12.5. The summed E-state index contributed by atoms with van der Waals surface area (Å²) in [6.45, 7) is 0.597. The first-order valence-corrected chi connectivity index (χ1v) is 6.70. The molecule has 116 valence electrons. The van der Waals surface area contributed by atoms with Crippen molar-refractivity contribution in [2.24, 2.45) is 0 Å². The maximum Gasteiger partial charge on any atom is 0.145 e. The van der Waals surface area contributed by atoms with Crippen molar-refractivity contribution in [2.75, 3.05) is 22.9 Å². The Balaban J connectivity index is 0.000000211. The van der Waals surface area contributed by atoms with Gasteiger partial charge in [0.05, 0.1) is 30.3 Å². The Morgan fingerprint density at radius 2 is 1.68 bits per heavy atom. The molecule has 9 N–H and O–H groups in total. The molecule has 8 nitrogen and oxygen atoms in total. The summed E-state index contributed by atoms with van der Waals surface area (Å²) in [6, 6.07) is 7.53. The van der Waals surface area contributed by atoms with E-state index in [0.717, 1.165) is 5.56 Å². The molecular formula is C13H17ClN8. The van der Waals surface area contributed by atoms with Gasteiger partial charge in [-0.15, -0.1) is 0 Å². The van der Waals surface area contributed by atoms with E-state index in [0.29, 0.717) is 34.6 Å². The molecule has 2 aromatic heterocycles. The van der Waals surface area contributed by atoms with E-state index >= 15 is 0 Å². The monoisotopic (exact) mass is 320 g/mol. The standard InChI is InChI=1S/C10H11ClN4.C3H6N4/c11-8-3-1-7(2-4-8)6-15-10(13)9(12)5-14-15;4-2-1-6-7-3(2)5/h1-5H,6,12-13H2;1H,4H2,(H3,5,6,7). The number of rotatable bonds is 2. The van der Waals surface area contributed by atoms with Gasteiger partial charge < -0.3 is 22.9 Å². The third-order valence-corrected chi connectivity index (χ3v) is 3.11. The van der Waals surface area contributed by atoms with Gasteiger partial charge in [0.1, 0.15) is 11.6 Å². The van der Waals surface area contributed by atoms with Gasteiger partial charge in [0.2, 0.25) is 0 Å². The van der Waals surface area contributed by atoms with E-state index in [1.807, 2.05) is 24.3 Å². The van der Waals surface area contributed by atoms with Crippen LogP contribution in [0.3, 0.4) is 0 Å². The van der Waals surface area contributed by atoms with Crippen LogP contribution in [0.2, 0.25) is 5.02 Å². The van der Waals surface area contributed by atoms with Gasteiger partial charge in [-0.2, -0.15) is 10.2 Å². The van der Waals surface area contributed by atoms with Crippen LogP contribution >= 0.6 is 11.6 Å². The first-order valence-electron chi connectivity index (χ1n) is 6.33. The fraction of sp³-hybridized carbons (Fsp3) is 0.0769. The molecule has 22 heavy (non-hydrogen) atoms. The van der Waals surface area contributed by atoms with E-state index in [1.54, 1.807) is 10.9 Å². The van der Waals surface area contributed by atoms with Gasteiger partial charge in [0.25, 0.3) is 0 Å². The summed E-state index contributed by atoms with van der Waals surface area (Å²) >= 11 is 5.78. The minimum Gasteiger partial charge on any atom is -0.394 e. The average Bonchev–Trinajstić information content (AvgIpc) is 3.02. The van der Waals surface area contributed by atoms with E-state index in [2.05, 4.69) is 15.3 Å². The number of aromatic amines is 1. The van der Waals surface area contributed by atoms with Crippen LogP contribution in [0.5, 0.6) is 0 Å². The predicted octanol–water partition coefficient (Wildman–Crippen LogP) is 1.32. The number of hydrogen-bond acceptors (Lipinski definition) is 6. The molecule has 0 unspecified atom stereocenters. The largest absolute Gasteiger partial charge is 0.394 e. The Morgan fingerprint density at radius 1 is 1.00 bits per heavy atom. The van der Waals surface area contributed by atoms with Gasteiger partial charge in [-0.25, -0.2) is 4.68 Å². The third kappa shape index (κ3) is 3.83. The number of nitrogens with zero attached hydrogens (tertiary/aromatic N) is 3. The maximum absolute atomic E-state index is 5.78. The number of nitrogens with two attached hydrogens (primary N) is 4. The van der Waals surface area contributed by atoms with E-state index in [4.69, 9.17) is 34.5 Å². The van der Waals surface area contributed by atoms with Crippen molar-refractivity contribution in [1.29, 1.82) is 0 Å². The van der Waals surface area contributed by atoms with Crippen LogP contribution in [0, 0.1) is 0 Å². The summed E-state index contributed by atoms with van der Waals surface area (Å²) in [4.78, 5) is 0. The zero-order valence-electron chi connectivity index (χ0n) is 11.7. The summed E-state index contributed by atoms with van der Waals surface area (Å²) in [5, 5.41) is 10.8. The van der Waals surface area contributed by atoms with Gasteiger partial charge in [-0.1, -0.05) is 23.7 Å². The second-order valence-electron chi connectivity index (χ2n) is 4.51. The molecule has 0 spiro atoms. The van der Waals surface area contributed by atoms with Gasteiger partial charge in [0.15, 0.2) is 0 Å². The lowest BCUT2D eigenvalue weighted by Crippen LogP contribution is -2.06. The van der Waals surface area contributed by atoms with Crippen molar-refractivity contribution >= 4 is 34.6 Å². The predicted molar refractivity (Wildman–Crippen MR) is 89.0 cm³/mol. The van der Waals surface area contributed by atoms with Gasteiger partial charge >= 0.3 is 0 Å². The number of H-pyrrole nitrogens is 1. The number of halogens is 1. The lowest BCUT2D eigenvalue weighted by molar-refractivity contribution is 0.697. The number of anilines is 4. The van der Waals surface area contributed by atoms with E-state index < -0.39 is 0 Å². The molecule has 0 aliphatic heterocycles. The smallest absolute Gasteiger partial charge is 0.145 e. The second kappa shape index (κ2) is 6.72. The SMILES string of the molecule is Nc1cn[nH]c1N.Nc1cnn(Cc2ccc(Cl)cc2)c1N. The van der Waals surface area contributed by atoms with Gasteiger partial charge in [-0.05, 0) is 17.7 Å². The second-order valence-corrected chi connectivity index (χ2v) is 4.94. The molecule has 1 aromatic carbocycles. The fourth-order valence-corrected chi connectivity index (χ4v) is 1.73. The Morgan fingerprint density at radius 3 is 2.09 bits per heavy atom. The topological polar surface area (TPSA) is 151 Å². The summed E-state index contributed by atoms with van der Waals surface area (Å²) in [7, 11) is 0. The van der Waals surface area contributed by atoms with E-state index in [9.17, 15) is 0 Å². The fourth-order valence-electron chi connectivity index (χ4n) is 1.60. The molecule has 3 rings (SSSR count). The lowest BCUT2D eigenvalue weighted by atomic mass is 10.2. The van der Waals surface area contributed by atoms with Gasteiger partial charge in [0, 0.05) is 5.02 Å². The first kappa shape index (κ1) is 15.5. The number of nitrogen functional groups attached to an aromatic ring is 4. The molecule has 2 heterocycles. The van der Waals surface area contributed by atoms with Crippen LogP contribution in [0.15, 0.2) is 36.7 Å². The van der Waals surface area contributed by atoms with Crippen molar-refractivity contribution in [1.82, 2.24) is 20.0 Å². The average molecular weight is 321 g/mol. The van der Waals surface area contributed by atoms with Crippen molar-refractivity contribution in [3.05, 3.63) is 47.2 Å². The summed E-state index contributed by atoms with van der Waals surface area (Å²) in [5.41, 5.74) is 23.8. The van der Waals surface area contributed by atoms with Crippen molar-refractivity contribution in [2.45, 2.75) is 6.54 Å². The lowest BCUT2D eigenvalue weighted by Gasteiger charge is -2.04. The Kier molecular flexibility index (Phi) is 4.74. The van der Waals surface area contributed by atoms with E-state index in [-0.39, 0.29) is 0 Å². The highest BCUT2D eigenvalue weighted by atomic mass is 35.5. The Labute approximate surface area is 132 Å². The van der Waals surface area contributed by atoms with Crippen LogP contribution in [-0.2, 0) is 6.54 Å². The molecule has 9 heteroatoms.